The summed E-state index contributed by atoms with van der Waals surface area (Å²) in [5.74, 6) is -0.00563. The number of hydrogen-bond donors (Lipinski definition) is 3. The number of phenolic OH excluding ortho intramolecular Hbond substituents is 1. The predicted molar refractivity (Wildman–Crippen MR) is 66.1 cm³/mol. The van der Waals surface area contributed by atoms with Crippen LogP contribution in [0, 0.1) is 0 Å². The second-order valence-electron chi connectivity index (χ2n) is 4.52. The summed E-state index contributed by atoms with van der Waals surface area (Å²) in [6.45, 7) is 3.09. The number of nitrogens with one attached hydrogen (secondary N) is 2. The van der Waals surface area contributed by atoms with E-state index in [0.29, 0.717) is 11.6 Å². The largest absolute Gasteiger partial charge is 0.508 e. The van der Waals surface area contributed by atoms with Crippen LogP contribution >= 0.6 is 0 Å². The summed E-state index contributed by atoms with van der Waals surface area (Å²) in [5.41, 5.74) is 0.503. The van der Waals surface area contributed by atoms with Crippen LogP contribution in [0.5, 0.6) is 5.75 Å². The van der Waals surface area contributed by atoms with Gasteiger partial charge in [-0.25, -0.2) is 0 Å². The van der Waals surface area contributed by atoms with E-state index in [2.05, 4.69) is 17.6 Å². The van der Waals surface area contributed by atoms with E-state index in [4.69, 9.17) is 0 Å². The molecule has 1 saturated heterocycles. The molecule has 4 heteroatoms. The molecule has 3 N–H and O–H groups in total. The lowest BCUT2D eigenvalue weighted by Gasteiger charge is -2.30. The number of benzene rings is 1. The summed E-state index contributed by atoms with van der Waals surface area (Å²) in [4.78, 5) is 12.0. The Balaban J connectivity index is 2.01. The molecule has 17 heavy (non-hydrogen) atoms. The molecule has 0 saturated carbocycles. The molecule has 0 aromatic heterocycles. The van der Waals surface area contributed by atoms with Crippen molar-refractivity contribution in [2.24, 2.45) is 0 Å². The van der Waals surface area contributed by atoms with Gasteiger partial charge >= 0.3 is 0 Å². The lowest BCUT2D eigenvalue weighted by atomic mass is 9.99. The molecule has 1 aromatic rings. The van der Waals surface area contributed by atoms with Crippen LogP contribution in [0.4, 0.5) is 0 Å². The first-order valence-electron chi connectivity index (χ1n) is 6.00. The van der Waals surface area contributed by atoms with Gasteiger partial charge in [0.05, 0.1) is 0 Å². The number of aromatic hydroxyl groups is 1. The fraction of sp³-hybridized carbons (Fsp3) is 0.462. The first kappa shape index (κ1) is 11.9. The van der Waals surface area contributed by atoms with Gasteiger partial charge in [-0.3, -0.25) is 4.79 Å². The first-order valence-corrected chi connectivity index (χ1v) is 6.00. The van der Waals surface area contributed by atoms with Gasteiger partial charge in [0, 0.05) is 17.6 Å². The molecule has 0 spiro atoms. The highest BCUT2D eigenvalue weighted by Crippen LogP contribution is 2.13. The lowest BCUT2D eigenvalue weighted by molar-refractivity contribution is 0.0919. The van der Waals surface area contributed by atoms with Crippen LogP contribution in [0.3, 0.4) is 0 Å². The molecule has 0 aliphatic carbocycles. The van der Waals surface area contributed by atoms with Crippen LogP contribution in [0.2, 0.25) is 0 Å². The molecule has 1 heterocycles. The Morgan fingerprint density at radius 3 is 3.06 bits per heavy atom. The predicted octanol–water partition coefficient (Wildman–Crippen LogP) is 1.26. The number of rotatable bonds is 2. The highest BCUT2D eigenvalue weighted by molar-refractivity contribution is 5.94. The van der Waals surface area contributed by atoms with E-state index in [1.807, 2.05) is 0 Å². The summed E-state index contributed by atoms with van der Waals surface area (Å²) in [7, 11) is 0. The Morgan fingerprint density at radius 2 is 2.35 bits per heavy atom. The standard InChI is InChI=1S/C13H18N2O2/c1-9-12(6-3-7-14-9)15-13(17)10-4-2-5-11(16)8-10/h2,4-5,8-9,12,14,16H,3,6-7H2,1H3,(H,15,17). The second kappa shape index (κ2) is 5.19. The van der Waals surface area contributed by atoms with Crippen molar-refractivity contribution in [3.05, 3.63) is 29.8 Å². The SMILES string of the molecule is CC1NCCCC1NC(=O)c1cccc(O)c1. The van der Waals surface area contributed by atoms with Crippen LogP contribution < -0.4 is 10.6 Å². The van der Waals surface area contributed by atoms with Crippen molar-refractivity contribution < 1.29 is 9.90 Å². The maximum absolute atomic E-state index is 12.0. The molecular formula is C13H18N2O2. The molecule has 2 rings (SSSR count). The van der Waals surface area contributed by atoms with Gasteiger partial charge in [0.25, 0.3) is 5.91 Å². The minimum absolute atomic E-state index is 0.118. The van der Waals surface area contributed by atoms with Crippen molar-refractivity contribution in [1.82, 2.24) is 10.6 Å². The van der Waals surface area contributed by atoms with Gasteiger partial charge in [0.1, 0.15) is 5.75 Å². The fourth-order valence-electron chi connectivity index (χ4n) is 2.14. The van der Waals surface area contributed by atoms with E-state index in [0.717, 1.165) is 19.4 Å². The van der Waals surface area contributed by atoms with Crippen molar-refractivity contribution in [2.75, 3.05) is 6.54 Å². The lowest BCUT2D eigenvalue weighted by Crippen LogP contribution is -2.51. The Kier molecular flexibility index (Phi) is 3.64. The molecule has 1 aliphatic heterocycles. The topological polar surface area (TPSA) is 61.4 Å². The quantitative estimate of drug-likeness (QED) is 0.722. The number of carbonyl (C=O) groups is 1. The van der Waals surface area contributed by atoms with Crippen LogP contribution in [0.25, 0.3) is 0 Å². The highest BCUT2D eigenvalue weighted by atomic mass is 16.3. The van der Waals surface area contributed by atoms with E-state index >= 15 is 0 Å². The second-order valence-corrected chi connectivity index (χ2v) is 4.52. The van der Waals surface area contributed by atoms with Crippen LogP contribution in [0.15, 0.2) is 24.3 Å². The number of phenols is 1. The van der Waals surface area contributed by atoms with Crippen molar-refractivity contribution in [3.8, 4) is 5.75 Å². The molecule has 1 aromatic carbocycles. The van der Waals surface area contributed by atoms with E-state index in [1.54, 1.807) is 18.2 Å². The summed E-state index contributed by atoms with van der Waals surface area (Å²) < 4.78 is 0. The molecule has 1 amide bonds. The summed E-state index contributed by atoms with van der Waals surface area (Å²) in [6.07, 6.45) is 2.08. The monoisotopic (exact) mass is 234 g/mol. The molecule has 92 valence electrons. The van der Waals surface area contributed by atoms with Gasteiger partial charge in [-0.2, -0.15) is 0 Å². The average molecular weight is 234 g/mol. The summed E-state index contributed by atoms with van der Waals surface area (Å²) in [6, 6.07) is 6.88. The van der Waals surface area contributed by atoms with E-state index in [-0.39, 0.29) is 17.7 Å². The molecule has 4 nitrogen and oxygen atoms in total. The summed E-state index contributed by atoms with van der Waals surface area (Å²) >= 11 is 0. The first-order chi connectivity index (χ1) is 8.16. The smallest absolute Gasteiger partial charge is 0.251 e. The fourth-order valence-corrected chi connectivity index (χ4v) is 2.14. The Bertz CT molecular complexity index is 406. The average Bonchev–Trinajstić information content (AvgIpc) is 2.32. The molecule has 1 aliphatic rings. The minimum atomic E-state index is -0.124. The molecular weight excluding hydrogens is 216 g/mol. The normalized spacial score (nSPS) is 24.3. The van der Waals surface area contributed by atoms with Crippen LogP contribution in [0.1, 0.15) is 30.1 Å². The van der Waals surface area contributed by atoms with Crippen LogP contribution in [-0.2, 0) is 0 Å². The van der Waals surface area contributed by atoms with Gasteiger partial charge in [0.15, 0.2) is 0 Å². The molecule has 2 atom stereocenters. The molecule has 1 fully saturated rings. The zero-order valence-electron chi connectivity index (χ0n) is 9.94. The Hall–Kier alpha value is -1.55. The molecule has 2 unspecified atom stereocenters. The zero-order chi connectivity index (χ0) is 12.3. The van der Waals surface area contributed by atoms with Crippen molar-refractivity contribution in [3.63, 3.8) is 0 Å². The maximum atomic E-state index is 12.0. The van der Waals surface area contributed by atoms with Crippen molar-refractivity contribution >= 4 is 5.91 Å². The van der Waals surface area contributed by atoms with Gasteiger partial charge in [-0.15, -0.1) is 0 Å². The number of piperidine rings is 1. The van der Waals surface area contributed by atoms with Gasteiger partial charge in [-0.1, -0.05) is 6.07 Å². The van der Waals surface area contributed by atoms with Crippen molar-refractivity contribution in [2.45, 2.75) is 31.8 Å². The summed E-state index contributed by atoms with van der Waals surface area (Å²) in [5, 5.41) is 15.7. The Labute approximate surface area is 101 Å². The van der Waals surface area contributed by atoms with E-state index in [1.165, 1.54) is 6.07 Å². The van der Waals surface area contributed by atoms with Crippen LogP contribution in [-0.4, -0.2) is 29.6 Å². The minimum Gasteiger partial charge on any atom is -0.508 e. The number of hydrogen-bond acceptors (Lipinski definition) is 3. The van der Waals surface area contributed by atoms with Gasteiger partial charge in [-0.05, 0) is 44.5 Å². The van der Waals surface area contributed by atoms with Gasteiger partial charge < -0.3 is 15.7 Å². The highest BCUT2D eigenvalue weighted by Gasteiger charge is 2.22. The number of carbonyl (C=O) groups excluding carboxylic acids is 1. The molecule has 0 bridgehead atoms. The third kappa shape index (κ3) is 2.97. The van der Waals surface area contributed by atoms with Crippen molar-refractivity contribution in [1.29, 1.82) is 0 Å². The third-order valence-corrected chi connectivity index (χ3v) is 3.19. The van der Waals surface area contributed by atoms with Gasteiger partial charge in [0.2, 0.25) is 0 Å². The Morgan fingerprint density at radius 1 is 1.53 bits per heavy atom. The van der Waals surface area contributed by atoms with E-state index < -0.39 is 0 Å². The maximum Gasteiger partial charge on any atom is 0.251 e. The third-order valence-electron chi connectivity index (χ3n) is 3.19. The number of amides is 1. The van der Waals surface area contributed by atoms with E-state index in [9.17, 15) is 9.90 Å². The zero-order valence-corrected chi connectivity index (χ0v) is 9.94. The molecule has 0 radical (unpaired) electrons.